The van der Waals surface area contributed by atoms with Crippen molar-refractivity contribution in [2.24, 2.45) is 0 Å². The molecule has 0 saturated carbocycles. The van der Waals surface area contributed by atoms with Crippen molar-refractivity contribution < 1.29 is 12.7 Å². The van der Waals surface area contributed by atoms with E-state index in [2.05, 4.69) is 2.81 Å². The summed E-state index contributed by atoms with van der Waals surface area (Å²) in [6.07, 6.45) is -1.17. The van der Waals surface area contributed by atoms with Gasteiger partial charge in [0, 0.05) is 0 Å². The Morgan fingerprint density at radius 3 is 2.20 bits per heavy atom. The van der Waals surface area contributed by atoms with Crippen LogP contribution in [0.1, 0.15) is 0 Å². The first kappa shape index (κ1) is 5.15. The van der Waals surface area contributed by atoms with E-state index < -0.39 is 6.16 Å². The summed E-state index contributed by atoms with van der Waals surface area (Å²) in [4.78, 5) is 9.19. The molecule has 0 radical (unpaired) electrons. The van der Waals surface area contributed by atoms with Crippen LogP contribution >= 0.6 is 0 Å². The maximum atomic E-state index is 9.19. The van der Waals surface area contributed by atoms with E-state index in [1.165, 1.54) is 0 Å². The van der Waals surface area contributed by atoms with Gasteiger partial charge in [-0.3, -0.25) is 0 Å². The van der Waals surface area contributed by atoms with E-state index in [1.807, 2.05) is 0 Å². The molecule has 0 unspecified atom stereocenters. The van der Waals surface area contributed by atoms with Crippen LogP contribution in [0, 0.1) is 0 Å². The Kier molecular flexibility index (Phi) is 2.47. The zero-order chi connectivity index (χ0) is 4.28. The van der Waals surface area contributed by atoms with Crippen molar-refractivity contribution in [2.45, 2.75) is 0 Å². The van der Waals surface area contributed by atoms with Gasteiger partial charge in [-0.1, -0.05) is 0 Å². The Bertz CT molecular complexity index is 42.2. The van der Waals surface area contributed by atoms with Crippen LogP contribution in [0.4, 0.5) is 4.79 Å². The molecule has 0 bridgehead atoms. The second kappa shape index (κ2) is 2.39. The Morgan fingerprint density at radius 2 is 2.20 bits per heavy atom. The van der Waals surface area contributed by atoms with Crippen molar-refractivity contribution in [1.29, 1.82) is 0 Å². The topological polar surface area (TPSA) is 46.5 Å². The first-order valence-corrected chi connectivity index (χ1v) is 2.70. The van der Waals surface area contributed by atoms with Crippen molar-refractivity contribution >= 4 is 31.3 Å². The standard InChI is InChI=1S/CH2O3.Bi.2H/c2-1(3)4;;;/h(H2,2,3,4);;;/q;+1;;/p-1. The fourth-order valence-corrected chi connectivity index (χ4v) is 0. The molecule has 0 heterocycles. The third-order valence-corrected chi connectivity index (χ3v) is 0.885. The first-order valence-electron chi connectivity index (χ1n) is 0.868. The third-order valence-electron chi connectivity index (χ3n) is 0.101. The first-order chi connectivity index (χ1) is 2.27. The Hall–Kier alpha value is 0.153. The summed E-state index contributed by atoms with van der Waals surface area (Å²) in [5.41, 5.74) is 0. The third kappa shape index (κ3) is 4.15. The quantitative estimate of drug-likeness (QED) is 0.589. The van der Waals surface area contributed by atoms with Gasteiger partial charge in [0.05, 0.1) is 0 Å². The van der Waals surface area contributed by atoms with Gasteiger partial charge in [0.25, 0.3) is 0 Å². The van der Waals surface area contributed by atoms with Gasteiger partial charge in [0.1, 0.15) is 0 Å². The number of hydrogen-bond acceptors (Lipinski definition) is 2. The van der Waals surface area contributed by atoms with Gasteiger partial charge in [0.2, 0.25) is 0 Å². The van der Waals surface area contributed by atoms with E-state index in [1.54, 1.807) is 0 Å². The summed E-state index contributed by atoms with van der Waals surface area (Å²) in [6.45, 7) is 0. The van der Waals surface area contributed by atoms with E-state index in [0.717, 1.165) is 0 Å². The van der Waals surface area contributed by atoms with Crippen LogP contribution in [-0.4, -0.2) is 36.4 Å². The van der Waals surface area contributed by atoms with Crippen molar-refractivity contribution in [3.8, 4) is 0 Å². The molecule has 0 aromatic carbocycles. The minimum absolute atomic E-state index is 0.109. The molecule has 0 aliphatic carbocycles. The molecule has 0 rings (SSSR count). The van der Waals surface area contributed by atoms with Gasteiger partial charge < -0.3 is 0 Å². The van der Waals surface area contributed by atoms with E-state index in [4.69, 9.17) is 5.11 Å². The van der Waals surface area contributed by atoms with Crippen molar-refractivity contribution in [3.05, 3.63) is 0 Å². The molecule has 0 spiro atoms. The molecule has 0 aromatic heterocycles. The van der Waals surface area contributed by atoms with Crippen LogP contribution in [0.3, 0.4) is 0 Å². The zero-order valence-corrected chi connectivity index (χ0v) is 6.83. The fraction of sp³-hybridized carbons (Fsp3) is 0. The molecule has 0 aliphatic rings. The van der Waals surface area contributed by atoms with Crippen molar-refractivity contribution in [1.82, 2.24) is 0 Å². The normalized spacial score (nSPS) is 6.60. The summed E-state index contributed by atoms with van der Waals surface area (Å²) in [7, 11) is 0. The van der Waals surface area contributed by atoms with Crippen LogP contribution in [0.25, 0.3) is 0 Å². The molecule has 4 heteroatoms. The van der Waals surface area contributed by atoms with E-state index in [9.17, 15) is 4.79 Å². The number of rotatable bonds is 0. The summed E-state index contributed by atoms with van der Waals surface area (Å²) >= 11 is 0.109. The molecule has 0 saturated heterocycles. The predicted molar refractivity (Wildman–Crippen MR) is 17.7 cm³/mol. The minimum atomic E-state index is -1.17. The molecule has 1 N–H and O–H groups in total. The molecule has 5 heavy (non-hydrogen) atoms. The number of hydrogen-bond donors (Lipinski definition) is 1. The predicted octanol–water partition coefficient (Wildman–Crippen LogP) is -0.771. The zero-order valence-electron chi connectivity index (χ0n) is 2.34. The van der Waals surface area contributed by atoms with Gasteiger partial charge in [-0.05, 0) is 0 Å². The molecule has 0 atom stereocenters. The van der Waals surface area contributed by atoms with Crippen molar-refractivity contribution in [2.75, 3.05) is 0 Å². The molecular weight excluding hydrogens is 269 g/mol. The van der Waals surface area contributed by atoms with Crippen LogP contribution in [0.15, 0.2) is 0 Å². The summed E-state index contributed by atoms with van der Waals surface area (Å²) in [5.74, 6) is 0. The molecule has 30 valence electrons. The molecule has 0 amide bonds. The molecule has 0 aromatic rings. The van der Waals surface area contributed by atoms with Gasteiger partial charge in [-0.25, -0.2) is 0 Å². The van der Waals surface area contributed by atoms with Gasteiger partial charge >= 0.3 is 44.0 Å². The number of carbonyl (C=O) groups is 1. The van der Waals surface area contributed by atoms with E-state index in [-0.39, 0.29) is 25.2 Å². The molecule has 3 nitrogen and oxygen atoms in total. The van der Waals surface area contributed by atoms with Gasteiger partial charge in [-0.2, -0.15) is 0 Å². The Morgan fingerprint density at radius 1 is 2.00 bits per heavy atom. The second-order valence-electron chi connectivity index (χ2n) is 0.384. The maximum absolute atomic E-state index is 9.19. The van der Waals surface area contributed by atoms with E-state index in [0.29, 0.717) is 0 Å². The molecular formula is CH3BiO3. The van der Waals surface area contributed by atoms with Crippen molar-refractivity contribution in [3.63, 3.8) is 0 Å². The summed E-state index contributed by atoms with van der Waals surface area (Å²) in [5, 5.41) is 7.54. The molecule has 0 fully saturated rings. The Balaban J connectivity index is 2.85. The SMILES string of the molecule is O=C(O)[O][BiH2]. The average molecular weight is 272 g/mol. The second-order valence-corrected chi connectivity index (χ2v) is 1.30. The summed E-state index contributed by atoms with van der Waals surface area (Å²) in [6, 6.07) is 0. The number of carboxylic acid groups (broad SMARTS) is 1. The van der Waals surface area contributed by atoms with Gasteiger partial charge in [-0.15, -0.1) is 0 Å². The van der Waals surface area contributed by atoms with E-state index >= 15 is 0 Å². The van der Waals surface area contributed by atoms with Gasteiger partial charge in [0.15, 0.2) is 0 Å². The van der Waals surface area contributed by atoms with Crippen LogP contribution in [0.2, 0.25) is 0 Å². The monoisotopic (exact) mass is 272 g/mol. The average Bonchev–Trinajstić information content (AvgIpc) is 1.38. The van der Waals surface area contributed by atoms with Crippen LogP contribution in [0.5, 0.6) is 0 Å². The fourth-order valence-electron chi connectivity index (χ4n) is 0. The Labute approximate surface area is 44.4 Å². The summed E-state index contributed by atoms with van der Waals surface area (Å²) < 4.78 is 3.83. The van der Waals surface area contributed by atoms with Crippen LogP contribution < -0.4 is 0 Å². The van der Waals surface area contributed by atoms with Crippen LogP contribution in [-0.2, 0) is 2.81 Å². The molecule has 0 aliphatic heterocycles.